The Morgan fingerprint density at radius 1 is 0.864 bits per heavy atom. The molecule has 110 valence electrons. The van der Waals surface area contributed by atoms with Crippen molar-refractivity contribution in [3.8, 4) is 23.0 Å². The Morgan fingerprint density at radius 3 is 2.09 bits per heavy atom. The van der Waals surface area contributed by atoms with Crippen LogP contribution in [0, 0.1) is 0 Å². The van der Waals surface area contributed by atoms with Crippen molar-refractivity contribution >= 4 is 17.3 Å². The molecule has 2 aromatic heterocycles. The van der Waals surface area contributed by atoms with Gasteiger partial charge in [-0.25, -0.2) is 0 Å². The molecule has 0 fully saturated rings. The zero-order valence-corrected chi connectivity index (χ0v) is 12.2. The van der Waals surface area contributed by atoms with E-state index in [2.05, 4.69) is 9.97 Å². The fraction of sp³-hybridized carbons (Fsp3) is 0. The molecule has 3 rings (SSSR count). The fourth-order valence-corrected chi connectivity index (χ4v) is 2.04. The van der Waals surface area contributed by atoms with E-state index in [-0.39, 0.29) is 5.02 Å². The number of pyridine rings is 2. The zero-order chi connectivity index (χ0) is 15.4. The van der Waals surface area contributed by atoms with E-state index in [0.717, 1.165) is 0 Å². The number of rotatable bonds is 4. The topological polar surface area (TPSA) is 70.3 Å². The van der Waals surface area contributed by atoms with Crippen molar-refractivity contribution in [2.24, 2.45) is 0 Å². The summed E-state index contributed by atoms with van der Waals surface area (Å²) in [5.41, 5.74) is 6.34. The van der Waals surface area contributed by atoms with Crippen LogP contribution < -0.4 is 15.2 Å². The SMILES string of the molecule is Nc1ccc(Oc2cccnc2)c(Cl)c1Oc1cccnc1. The van der Waals surface area contributed by atoms with Crippen molar-refractivity contribution in [1.29, 1.82) is 0 Å². The standard InChI is InChI=1S/C16H12ClN3O2/c17-15-14(21-11-3-1-7-19-9-11)6-5-13(18)16(15)22-12-4-2-8-20-10-12/h1-10H,18H2. The van der Waals surface area contributed by atoms with Gasteiger partial charge in [-0.3, -0.25) is 9.97 Å². The number of hydrogen-bond acceptors (Lipinski definition) is 5. The molecule has 2 N–H and O–H groups in total. The van der Waals surface area contributed by atoms with E-state index in [1.807, 2.05) is 0 Å². The van der Waals surface area contributed by atoms with Gasteiger partial charge in [0.2, 0.25) is 0 Å². The van der Waals surface area contributed by atoms with Gasteiger partial charge >= 0.3 is 0 Å². The normalized spacial score (nSPS) is 10.2. The summed E-state index contributed by atoms with van der Waals surface area (Å²) in [7, 11) is 0. The Balaban J connectivity index is 1.92. The molecule has 0 radical (unpaired) electrons. The second-order valence-corrected chi connectivity index (χ2v) is 4.76. The molecule has 0 aliphatic carbocycles. The predicted octanol–water partition coefficient (Wildman–Crippen LogP) is 4.30. The van der Waals surface area contributed by atoms with Crippen LogP contribution in [0.5, 0.6) is 23.0 Å². The highest BCUT2D eigenvalue weighted by atomic mass is 35.5. The second-order valence-electron chi connectivity index (χ2n) is 4.38. The van der Waals surface area contributed by atoms with Gasteiger partial charge in [0, 0.05) is 12.4 Å². The molecule has 5 nitrogen and oxygen atoms in total. The molecule has 6 heteroatoms. The second kappa shape index (κ2) is 6.32. The van der Waals surface area contributed by atoms with Crippen molar-refractivity contribution in [3.05, 3.63) is 66.2 Å². The minimum atomic E-state index is 0.285. The van der Waals surface area contributed by atoms with Crippen LogP contribution in [-0.2, 0) is 0 Å². The molecule has 0 spiro atoms. The summed E-state index contributed by atoms with van der Waals surface area (Å²) in [6.45, 7) is 0. The summed E-state index contributed by atoms with van der Waals surface area (Å²) < 4.78 is 11.4. The summed E-state index contributed by atoms with van der Waals surface area (Å²) in [4.78, 5) is 7.97. The third kappa shape index (κ3) is 3.10. The first-order valence-corrected chi connectivity index (χ1v) is 6.85. The molecule has 0 unspecified atom stereocenters. The number of anilines is 1. The van der Waals surface area contributed by atoms with Gasteiger partial charge in [-0.15, -0.1) is 0 Å². The highest BCUT2D eigenvalue weighted by molar-refractivity contribution is 6.34. The number of halogens is 1. The maximum absolute atomic E-state index is 6.34. The van der Waals surface area contributed by atoms with E-state index in [4.69, 9.17) is 26.8 Å². The van der Waals surface area contributed by atoms with Crippen molar-refractivity contribution < 1.29 is 9.47 Å². The zero-order valence-electron chi connectivity index (χ0n) is 11.4. The molecule has 1 aromatic carbocycles. The molecule has 0 saturated heterocycles. The lowest BCUT2D eigenvalue weighted by atomic mass is 10.2. The molecular weight excluding hydrogens is 302 g/mol. The molecule has 0 aliphatic heterocycles. The summed E-state index contributed by atoms with van der Waals surface area (Å²) in [5.74, 6) is 1.87. The number of aromatic nitrogens is 2. The van der Waals surface area contributed by atoms with E-state index in [1.54, 1.807) is 61.2 Å². The van der Waals surface area contributed by atoms with Crippen LogP contribution >= 0.6 is 11.6 Å². The quantitative estimate of drug-likeness (QED) is 0.727. The number of nitrogens with zero attached hydrogens (tertiary/aromatic N) is 2. The van der Waals surface area contributed by atoms with Crippen molar-refractivity contribution in [3.63, 3.8) is 0 Å². The maximum atomic E-state index is 6.34. The number of benzene rings is 1. The number of hydrogen-bond donors (Lipinski definition) is 1. The van der Waals surface area contributed by atoms with Crippen molar-refractivity contribution in [1.82, 2.24) is 9.97 Å². The summed E-state index contributed by atoms with van der Waals surface area (Å²) >= 11 is 6.34. The summed E-state index contributed by atoms with van der Waals surface area (Å²) in [5, 5.41) is 0.285. The van der Waals surface area contributed by atoms with Gasteiger partial charge in [-0.05, 0) is 36.4 Å². The highest BCUT2D eigenvalue weighted by Gasteiger charge is 2.14. The molecule has 2 heterocycles. The lowest BCUT2D eigenvalue weighted by Crippen LogP contribution is -1.95. The molecule has 3 aromatic rings. The molecule has 0 amide bonds. The lowest BCUT2D eigenvalue weighted by molar-refractivity contribution is 0.460. The van der Waals surface area contributed by atoms with E-state index < -0.39 is 0 Å². The molecule has 0 aliphatic rings. The first kappa shape index (κ1) is 14.2. The number of nitrogen functional groups attached to an aromatic ring is 1. The van der Waals surface area contributed by atoms with Gasteiger partial charge in [0.15, 0.2) is 5.75 Å². The first-order chi connectivity index (χ1) is 10.7. The Morgan fingerprint density at radius 2 is 1.50 bits per heavy atom. The Hall–Kier alpha value is -2.79. The van der Waals surface area contributed by atoms with E-state index in [9.17, 15) is 0 Å². The Labute approximate surface area is 132 Å². The molecule has 22 heavy (non-hydrogen) atoms. The third-order valence-corrected chi connectivity index (χ3v) is 3.17. The van der Waals surface area contributed by atoms with Gasteiger partial charge in [-0.2, -0.15) is 0 Å². The van der Waals surface area contributed by atoms with Crippen molar-refractivity contribution in [2.75, 3.05) is 5.73 Å². The van der Waals surface area contributed by atoms with E-state index in [0.29, 0.717) is 28.7 Å². The van der Waals surface area contributed by atoms with Gasteiger partial charge in [0.25, 0.3) is 0 Å². The minimum absolute atomic E-state index is 0.285. The average Bonchev–Trinajstić information content (AvgIpc) is 2.56. The summed E-state index contributed by atoms with van der Waals surface area (Å²) in [6, 6.07) is 10.4. The fourth-order valence-electron chi connectivity index (χ4n) is 1.80. The first-order valence-electron chi connectivity index (χ1n) is 6.48. The van der Waals surface area contributed by atoms with Gasteiger partial charge in [0.1, 0.15) is 22.3 Å². The third-order valence-electron chi connectivity index (χ3n) is 2.81. The minimum Gasteiger partial charge on any atom is -0.454 e. The van der Waals surface area contributed by atoms with E-state index >= 15 is 0 Å². The predicted molar refractivity (Wildman–Crippen MR) is 84.5 cm³/mol. The van der Waals surface area contributed by atoms with Gasteiger partial charge in [0.05, 0.1) is 18.1 Å². The Kier molecular flexibility index (Phi) is 4.07. The van der Waals surface area contributed by atoms with Gasteiger partial charge < -0.3 is 15.2 Å². The average molecular weight is 314 g/mol. The lowest BCUT2D eigenvalue weighted by Gasteiger charge is -2.13. The monoisotopic (exact) mass is 313 g/mol. The molecule has 0 saturated carbocycles. The molecule has 0 atom stereocenters. The van der Waals surface area contributed by atoms with Crippen LogP contribution in [0.4, 0.5) is 5.69 Å². The Bertz CT molecular complexity index is 767. The molecule has 0 bridgehead atoms. The molecular formula is C16H12ClN3O2. The van der Waals surface area contributed by atoms with Crippen LogP contribution in [0.3, 0.4) is 0 Å². The number of nitrogens with two attached hydrogens (primary N) is 1. The van der Waals surface area contributed by atoms with Crippen LogP contribution in [0.1, 0.15) is 0 Å². The highest BCUT2D eigenvalue weighted by Crippen LogP contribution is 2.42. The smallest absolute Gasteiger partial charge is 0.172 e. The van der Waals surface area contributed by atoms with Gasteiger partial charge in [-0.1, -0.05) is 11.6 Å². The van der Waals surface area contributed by atoms with Crippen LogP contribution in [0.2, 0.25) is 5.02 Å². The summed E-state index contributed by atoms with van der Waals surface area (Å²) in [6.07, 6.45) is 6.48. The van der Waals surface area contributed by atoms with Crippen LogP contribution in [0.15, 0.2) is 61.2 Å². The van der Waals surface area contributed by atoms with Crippen molar-refractivity contribution in [2.45, 2.75) is 0 Å². The largest absolute Gasteiger partial charge is 0.454 e. The maximum Gasteiger partial charge on any atom is 0.172 e. The van der Waals surface area contributed by atoms with E-state index in [1.165, 1.54) is 0 Å². The number of ether oxygens (including phenoxy) is 2. The van der Waals surface area contributed by atoms with Crippen LogP contribution in [-0.4, -0.2) is 9.97 Å². The van der Waals surface area contributed by atoms with Crippen LogP contribution in [0.25, 0.3) is 0 Å².